The van der Waals surface area contributed by atoms with Gasteiger partial charge in [0.15, 0.2) is 11.0 Å². The molecule has 0 N–H and O–H groups in total. The number of thioether (sulfide) groups is 2. The average Bonchev–Trinajstić information content (AvgIpc) is 3.14. The van der Waals surface area contributed by atoms with E-state index < -0.39 is 0 Å². The highest BCUT2D eigenvalue weighted by atomic mass is 32.2. The summed E-state index contributed by atoms with van der Waals surface area (Å²) in [4.78, 5) is 16.0. The first-order chi connectivity index (χ1) is 13.7. The van der Waals surface area contributed by atoms with E-state index in [0.717, 1.165) is 41.1 Å². The number of benzene rings is 2. The van der Waals surface area contributed by atoms with Crippen LogP contribution in [-0.4, -0.2) is 38.7 Å². The maximum atomic E-state index is 12.9. The number of anilines is 1. The van der Waals surface area contributed by atoms with Crippen LogP contribution in [0, 0.1) is 6.92 Å². The molecule has 1 amide bonds. The van der Waals surface area contributed by atoms with Crippen LogP contribution in [0.2, 0.25) is 0 Å². The molecular weight excluding hydrogens is 388 g/mol. The number of amides is 1. The van der Waals surface area contributed by atoms with Gasteiger partial charge >= 0.3 is 0 Å². The Bertz CT molecular complexity index is 1000. The van der Waals surface area contributed by atoms with Gasteiger partial charge in [0, 0.05) is 29.3 Å². The van der Waals surface area contributed by atoms with Crippen LogP contribution in [0.25, 0.3) is 11.4 Å². The molecule has 1 aliphatic heterocycles. The quantitative estimate of drug-likeness (QED) is 0.580. The molecule has 0 spiro atoms. The van der Waals surface area contributed by atoms with Crippen LogP contribution in [0.5, 0.6) is 0 Å². The highest BCUT2D eigenvalue weighted by Gasteiger charge is 2.23. The first kappa shape index (κ1) is 19.1. The van der Waals surface area contributed by atoms with Crippen molar-refractivity contribution >= 4 is 35.1 Å². The van der Waals surface area contributed by atoms with E-state index in [1.54, 1.807) is 11.8 Å². The second-order valence-electron chi connectivity index (χ2n) is 6.52. The summed E-state index contributed by atoms with van der Waals surface area (Å²) < 4.78 is 2.08. The van der Waals surface area contributed by atoms with Gasteiger partial charge in [-0.15, -0.1) is 22.0 Å². The second-order valence-corrected chi connectivity index (χ2v) is 8.59. The average molecular weight is 411 g/mol. The Hall–Kier alpha value is -2.25. The summed E-state index contributed by atoms with van der Waals surface area (Å²) >= 11 is 3.27. The Labute approximate surface area is 173 Å². The Morgan fingerprint density at radius 2 is 1.93 bits per heavy atom. The van der Waals surface area contributed by atoms with Crippen LogP contribution in [0.3, 0.4) is 0 Å². The fourth-order valence-electron chi connectivity index (χ4n) is 3.34. The summed E-state index contributed by atoms with van der Waals surface area (Å²) in [6, 6.07) is 16.3. The van der Waals surface area contributed by atoms with E-state index in [0.29, 0.717) is 5.75 Å². The fraction of sp³-hybridized carbons (Fsp3) is 0.286. The number of aryl methyl sites for hydroxylation is 1. The van der Waals surface area contributed by atoms with E-state index in [9.17, 15) is 4.79 Å². The summed E-state index contributed by atoms with van der Waals surface area (Å²) in [6.07, 6.45) is 0. The van der Waals surface area contributed by atoms with E-state index in [2.05, 4.69) is 46.8 Å². The fourth-order valence-corrected chi connectivity index (χ4v) is 5.21. The number of hydrogen-bond acceptors (Lipinski definition) is 5. The number of rotatable bonds is 5. The number of carbonyl (C=O) groups is 1. The maximum absolute atomic E-state index is 12.9. The lowest BCUT2D eigenvalue weighted by atomic mass is 10.1. The summed E-state index contributed by atoms with van der Waals surface area (Å²) in [5.74, 6) is 2.25. The van der Waals surface area contributed by atoms with Crippen LogP contribution >= 0.6 is 23.5 Å². The largest absolute Gasteiger partial charge is 0.310 e. The molecule has 4 rings (SSSR count). The molecule has 0 bridgehead atoms. The van der Waals surface area contributed by atoms with Crippen LogP contribution in [0.1, 0.15) is 12.5 Å². The molecule has 2 heterocycles. The maximum Gasteiger partial charge on any atom is 0.237 e. The normalized spacial score (nSPS) is 13.4. The lowest BCUT2D eigenvalue weighted by Crippen LogP contribution is -2.36. The molecule has 0 saturated carbocycles. The molecule has 0 saturated heterocycles. The van der Waals surface area contributed by atoms with Crippen molar-refractivity contribution < 1.29 is 4.79 Å². The molecule has 0 fully saturated rings. The molecule has 144 valence electrons. The topological polar surface area (TPSA) is 51.0 Å². The Morgan fingerprint density at radius 3 is 2.75 bits per heavy atom. The first-order valence-electron chi connectivity index (χ1n) is 9.33. The zero-order valence-corrected chi connectivity index (χ0v) is 17.6. The molecule has 2 aromatic carbocycles. The van der Waals surface area contributed by atoms with Gasteiger partial charge in [-0.05, 0) is 31.5 Å². The summed E-state index contributed by atoms with van der Waals surface area (Å²) in [5, 5.41) is 9.56. The molecular formula is C21H22N4OS2. The van der Waals surface area contributed by atoms with E-state index in [-0.39, 0.29) is 5.91 Å². The van der Waals surface area contributed by atoms with Gasteiger partial charge in [-0.2, -0.15) is 0 Å². The van der Waals surface area contributed by atoms with Crippen LogP contribution < -0.4 is 4.90 Å². The Morgan fingerprint density at radius 1 is 1.14 bits per heavy atom. The van der Waals surface area contributed by atoms with Crippen LogP contribution in [0.15, 0.2) is 58.6 Å². The van der Waals surface area contributed by atoms with Gasteiger partial charge in [0.25, 0.3) is 0 Å². The van der Waals surface area contributed by atoms with Crippen molar-refractivity contribution in [3.63, 3.8) is 0 Å². The van der Waals surface area contributed by atoms with Crippen molar-refractivity contribution in [1.82, 2.24) is 14.8 Å². The minimum atomic E-state index is 0.112. The van der Waals surface area contributed by atoms with E-state index in [4.69, 9.17) is 0 Å². The van der Waals surface area contributed by atoms with Gasteiger partial charge in [0.05, 0.1) is 11.4 Å². The third-order valence-electron chi connectivity index (χ3n) is 4.77. The van der Waals surface area contributed by atoms with Crippen LogP contribution in [-0.2, 0) is 11.3 Å². The third-order valence-corrected chi connectivity index (χ3v) is 6.77. The molecule has 28 heavy (non-hydrogen) atoms. The summed E-state index contributed by atoms with van der Waals surface area (Å²) in [5.41, 5.74) is 3.26. The molecule has 0 radical (unpaired) electrons. The molecule has 5 nitrogen and oxygen atoms in total. The summed E-state index contributed by atoms with van der Waals surface area (Å²) in [7, 11) is 0. The number of carbonyl (C=O) groups excluding carboxylic acids is 1. The zero-order chi connectivity index (χ0) is 19.5. The molecule has 0 aliphatic carbocycles. The van der Waals surface area contributed by atoms with E-state index in [1.807, 2.05) is 35.2 Å². The molecule has 0 unspecified atom stereocenters. The number of aromatic nitrogens is 3. The predicted molar refractivity (Wildman–Crippen MR) is 116 cm³/mol. The van der Waals surface area contributed by atoms with Crippen molar-refractivity contribution in [2.24, 2.45) is 0 Å². The minimum absolute atomic E-state index is 0.112. The lowest BCUT2D eigenvalue weighted by molar-refractivity contribution is -0.116. The zero-order valence-electron chi connectivity index (χ0n) is 16.0. The number of hydrogen-bond donors (Lipinski definition) is 0. The smallest absolute Gasteiger partial charge is 0.237 e. The monoisotopic (exact) mass is 410 g/mol. The van der Waals surface area contributed by atoms with Crippen molar-refractivity contribution in [3.8, 4) is 11.4 Å². The number of fused-ring (bicyclic) bond motifs is 1. The Kier molecular flexibility index (Phi) is 5.73. The first-order valence-corrected chi connectivity index (χ1v) is 11.3. The van der Waals surface area contributed by atoms with Crippen molar-refractivity contribution in [2.45, 2.75) is 30.4 Å². The SMILES string of the molecule is CCn1c(SCC(=O)N2CCSc3ccccc32)nnc1-c1ccccc1C. The molecule has 1 aliphatic rings. The molecule has 3 aromatic rings. The van der Waals surface area contributed by atoms with Crippen molar-refractivity contribution in [2.75, 3.05) is 23.0 Å². The van der Waals surface area contributed by atoms with Crippen LogP contribution in [0.4, 0.5) is 5.69 Å². The third kappa shape index (κ3) is 3.69. The second kappa shape index (κ2) is 8.41. The van der Waals surface area contributed by atoms with E-state index >= 15 is 0 Å². The molecule has 0 atom stereocenters. The lowest BCUT2D eigenvalue weighted by Gasteiger charge is -2.28. The Balaban J connectivity index is 1.52. The standard InChI is InChI=1S/C21H22N4OS2/c1-3-24-20(16-9-5-4-8-15(16)2)22-23-21(24)28-14-19(26)25-12-13-27-18-11-7-6-10-17(18)25/h4-11H,3,12-14H2,1-2H3. The highest BCUT2D eigenvalue weighted by molar-refractivity contribution is 8.00. The molecule has 7 heteroatoms. The van der Waals surface area contributed by atoms with Gasteiger partial charge in [-0.25, -0.2) is 0 Å². The van der Waals surface area contributed by atoms with Gasteiger partial charge in [-0.3, -0.25) is 4.79 Å². The highest BCUT2D eigenvalue weighted by Crippen LogP contribution is 2.35. The molecule has 1 aromatic heterocycles. The van der Waals surface area contributed by atoms with Gasteiger partial charge < -0.3 is 9.47 Å². The van der Waals surface area contributed by atoms with Crippen molar-refractivity contribution in [1.29, 1.82) is 0 Å². The van der Waals surface area contributed by atoms with Crippen molar-refractivity contribution in [3.05, 3.63) is 54.1 Å². The number of nitrogens with zero attached hydrogens (tertiary/aromatic N) is 4. The van der Waals surface area contributed by atoms with Gasteiger partial charge in [-0.1, -0.05) is 48.2 Å². The summed E-state index contributed by atoms with van der Waals surface area (Å²) in [6.45, 7) is 5.66. The van der Waals surface area contributed by atoms with E-state index in [1.165, 1.54) is 22.2 Å². The predicted octanol–water partition coefficient (Wildman–Crippen LogP) is 4.50. The van der Waals surface area contributed by atoms with Gasteiger partial charge in [0.1, 0.15) is 0 Å². The van der Waals surface area contributed by atoms with Gasteiger partial charge in [0.2, 0.25) is 5.91 Å². The number of para-hydroxylation sites is 1. The minimum Gasteiger partial charge on any atom is -0.310 e.